The third-order valence-corrected chi connectivity index (χ3v) is 4.33. The summed E-state index contributed by atoms with van der Waals surface area (Å²) < 4.78 is 0. The molecule has 1 aromatic carbocycles. The molecule has 0 fully saturated rings. The van der Waals surface area contributed by atoms with Gasteiger partial charge in [-0.2, -0.15) is 0 Å². The van der Waals surface area contributed by atoms with Gasteiger partial charge in [-0.3, -0.25) is 9.59 Å². The molecular weight excluding hydrogens is 320 g/mol. The van der Waals surface area contributed by atoms with Crippen molar-refractivity contribution in [3.8, 4) is 0 Å². The monoisotopic (exact) mass is 346 g/mol. The number of nitrogens with one attached hydrogen (secondary N) is 2. The molecule has 0 spiro atoms. The zero-order valence-corrected chi connectivity index (χ0v) is 15.2. The summed E-state index contributed by atoms with van der Waals surface area (Å²) in [5.74, 6) is -0.351. The number of para-hydroxylation sites is 2. The van der Waals surface area contributed by atoms with Gasteiger partial charge in [0, 0.05) is 25.6 Å². The fraction of sp³-hybridized carbons (Fsp3) is 0.500. The van der Waals surface area contributed by atoms with Crippen LogP contribution in [-0.2, 0) is 9.59 Å². The zero-order valence-electron chi connectivity index (χ0n) is 15.2. The Labute approximate surface area is 148 Å². The molecule has 7 heteroatoms. The molecule has 1 heterocycles. The molecule has 0 unspecified atom stereocenters. The molecule has 1 aliphatic heterocycles. The summed E-state index contributed by atoms with van der Waals surface area (Å²) in [4.78, 5) is 40.0. The molecule has 2 atom stereocenters. The minimum Gasteiger partial charge on any atom is -0.336 e. The molecule has 0 bridgehead atoms. The van der Waals surface area contributed by atoms with Crippen LogP contribution in [0.15, 0.2) is 24.3 Å². The average molecular weight is 346 g/mol. The van der Waals surface area contributed by atoms with Gasteiger partial charge in [-0.25, -0.2) is 4.79 Å². The summed E-state index contributed by atoms with van der Waals surface area (Å²) in [6, 6.07) is 6.67. The lowest BCUT2D eigenvalue weighted by atomic mass is 10.1. The molecule has 0 aliphatic carbocycles. The largest absolute Gasteiger partial charge is 0.336 e. The van der Waals surface area contributed by atoms with Crippen LogP contribution in [0, 0.1) is 0 Å². The van der Waals surface area contributed by atoms with Crippen molar-refractivity contribution in [1.82, 2.24) is 10.2 Å². The number of urea groups is 1. The van der Waals surface area contributed by atoms with E-state index in [0.717, 1.165) is 6.42 Å². The minimum atomic E-state index is -0.290. The lowest BCUT2D eigenvalue weighted by molar-refractivity contribution is -0.119. The third-order valence-electron chi connectivity index (χ3n) is 4.33. The summed E-state index contributed by atoms with van der Waals surface area (Å²) in [6.45, 7) is 5.67. The van der Waals surface area contributed by atoms with Crippen LogP contribution in [0.5, 0.6) is 0 Å². The average Bonchev–Trinajstić information content (AvgIpc) is 2.68. The first-order valence-electron chi connectivity index (χ1n) is 8.56. The molecule has 2 rings (SSSR count). The maximum atomic E-state index is 12.9. The Kier molecular flexibility index (Phi) is 6.01. The fourth-order valence-corrected chi connectivity index (χ4v) is 2.74. The molecule has 7 nitrogen and oxygen atoms in total. The maximum absolute atomic E-state index is 12.9. The van der Waals surface area contributed by atoms with E-state index in [1.54, 1.807) is 24.1 Å². The second-order valence-electron chi connectivity index (χ2n) is 6.50. The van der Waals surface area contributed by atoms with Gasteiger partial charge in [0.05, 0.1) is 11.4 Å². The van der Waals surface area contributed by atoms with Gasteiger partial charge < -0.3 is 20.4 Å². The smallest absolute Gasteiger partial charge is 0.317 e. The number of hydrogen-bond donors (Lipinski definition) is 2. The van der Waals surface area contributed by atoms with Gasteiger partial charge >= 0.3 is 6.03 Å². The van der Waals surface area contributed by atoms with Crippen molar-refractivity contribution in [3.05, 3.63) is 24.3 Å². The summed E-state index contributed by atoms with van der Waals surface area (Å²) in [5, 5.41) is 5.66. The van der Waals surface area contributed by atoms with Crippen LogP contribution in [0.3, 0.4) is 0 Å². The van der Waals surface area contributed by atoms with Crippen LogP contribution >= 0.6 is 0 Å². The Morgan fingerprint density at radius 1 is 1.40 bits per heavy atom. The number of anilines is 2. The summed E-state index contributed by atoms with van der Waals surface area (Å²) in [6.07, 6.45) is 1.03. The SMILES string of the molecule is CC[C@@H](C)NC(=O)N(C)CC(=O)N1c2ccccc2NC(=O)C[C@H]1C. The molecular formula is C18H26N4O3. The number of fused-ring (bicyclic) bond motifs is 1. The number of nitrogens with zero attached hydrogens (tertiary/aromatic N) is 2. The van der Waals surface area contributed by atoms with E-state index in [1.165, 1.54) is 4.90 Å². The summed E-state index contributed by atoms with van der Waals surface area (Å²) >= 11 is 0. The quantitative estimate of drug-likeness (QED) is 0.877. The molecule has 136 valence electrons. The van der Waals surface area contributed by atoms with Crippen molar-refractivity contribution < 1.29 is 14.4 Å². The van der Waals surface area contributed by atoms with E-state index < -0.39 is 0 Å². The molecule has 1 aliphatic rings. The molecule has 0 saturated carbocycles. The minimum absolute atomic E-state index is 0.0460. The number of rotatable bonds is 4. The van der Waals surface area contributed by atoms with Gasteiger partial charge in [-0.05, 0) is 32.4 Å². The van der Waals surface area contributed by atoms with E-state index >= 15 is 0 Å². The molecule has 4 amide bonds. The van der Waals surface area contributed by atoms with E-state index in [2.05, 4.69) is 10.6 Å². The van der Waals surface area contributed by atoms with Crippen molar-refractivity contribution in [1.29, 1.82) is 0 Å². The van der Waals surface area contributed by atoms with Gasteiger partial charge in [0.1, 0.15) is 6.54 Å². The molecule has 0 saturated heterocycles. The van der Waals surface area contributed by atoms with Crippen LogP contribution in [0.1, 0.15) is 33.6 Å². The zero-order chi connectivity index (χ0) is 18.6. The molecule has 1 aromatic rings. The second kappa shape index (κ2) is 8.00. The number of hydrogen-bond acceptors (Lipinski definition) is 3. The first-order chi connectivity index (χ1) is 11.8. The highest BCUT2D eigenvalue weighted by atomic mass is 16.2. The number of carbonyl (C=O) groups excluding carboxylic acids is 3. The van der Waals surface area contributed by atoms with E-state index in [1.807, 2.05) is 32.9 Å². The first-order valence-corrected chi connectivity index (χ1v) is 8.56. The Morgan fingerprint density at radius 3 is 2.76 bits per heavy atom. The first kappa shape index (κ1) is 18.8. The van der Waals surface area contributed by atoms with Crippen LogP contribution in [0.25, 0.3) is 0 Å². The van der Waals surface area contributed by atoms with Crippen LogP contribution in [0.2, 0.25) is 0 Å². The normalized spacial score (nSPS) is 17.8. The van der Waals surface area contributed by atoms with E-state index in [4.69, 9.17) is 0 Å². The lowest BCUT2D eigenvalue weighted by Gasteiger charge is -2.30. The highest BCUT2D eigenvalue weighted by molar-refractivity contribution is 6.05. The van der Waals surface area contributed by atoms with Gasteiger partial charge in [-0.1, -0.05) is 19.1 Å². The lowest BCUT2D eigenvalue weighted by Crippen LogP contribution is -2.49. The topological polar surface area (TPSA) is 81.8 Å². The molecule has 0 radical (unpaired) electrons. The van der Waals surface area contributed by atoms with Crippen molar-refractivity contribution in [2.24, 2.45) is 0 Å². The molecule has 2 N–H and O–H groups in total. The van der Waals surface area contributed by atoms with Gasteiger partial charge in [0.15, 0.2) is 0 Å². The van der Waals surface area contributed by atoms with Gasteiger partial charge in [-0.15, -0.1) is 0 Å². The summed E-state index contributed by atoms with van der Waals surface area (Å²) in [7, 11) is 1.59. The van der Waals surface area contributed by atoms with Crippen molar-refractivity contribution in [2.45, 2.75) is 45.7 Å². The van der Waals surface area contributed by atoms with Gasteiger partial charge in [0.2, 0.25) is 11.8 Å². The Bertz CT molecular complexity index is 661. The van der Waals surface area contributed by atoms with Crippen molar-refractivity contribution in [2.75, 3.05) is 23.8 Å². The Hall–Kier alpha value is -2.57. The van der Waals surface area contributed by atoms with Crippen LogP contribution in [0.4, 0.5) is 16.2 Å². The molecule has 0 aromatic heterocycles. The van der Waals surface area contributed by atoms with E-state index in [0.29, 0.717) is 11.4 Å². The van der Waals surface area contributed by atoms with Crippen molar-refractivity contribution in [3.63, 3.8) is 0 Å². The number of amides is 4. The third kappa shape index (κ3) is 4.49. The predicted octanol–water partition coefficient (Wildman–Crippen LogP) is 2.19. The Balaban J connectivity index is 2.17. The highest BCUT2D eigenvalue weighted by Crippen LogP contribution is 2.31. The number of carbonyl (C=O) groups is 3. The fourth-order valence-electron chi connectivity index (χ4n) is 2.74. The maximum Gasteiger partial charge on any atom is 0.317 e. The predicted molar refractivity (Wildman–Crippen MR) is 97.6 cm³/mol. The Morgan fingerprint density at radius 2 is 2.08 bits per heavy atom. The molecule has 25 heavy (non-hydrogen) atoms. The van der Waals surface area contributed by atoms with E-state index in [-0.39, 0.29) is 42.9 Å². The number of likely N-dealkylation sites (N-methyl/N-ethyl adjacent to an activating group) is 1. The van der Waals surface area contributed by atoms with Crippen LogP contribution < -0.4 is 15.5 Å². The highest BCUT2D eigenvalue weighted by Gasteiger charge is 2.30. The second-order valence-corrected chi connectivity index (χ2v) is 6.50. The standard InChI is InChI=1S/C18H26N4O3/c1-5-12(2)19-18(25)21(4)11-17(24)22-13(3)10-16(23)20-14-8-6-7-9-15(14)22/h6-9,12-13H,5,10-11H2,1-4H3,(H,19,25)(H,20,23)/t12-,13-/m1/s1. The van der Waals surface area contributed by atoms with E-state index in [9.17, 15) is 14.4 Å². The number of benzene rings is 1. The van der Waals surface area contributed by atoms with Gasteiger partial charge in [0.25, 0.3) is 0 Å². The van der Waals surface area contributed by atoms with Crippen molar-refractivity contribution >= 4 is 29.2 Å². The summed E-state index contributed by atoms with van der Waals surface area (Å²) in [5.41, 5.74) is 1.26. The van der Waals surface area contributed by atoms with Crippen LogP contribution in [-0.4, -0.2) is 48.4 Å².